The first kappa shape index (κ1) is 14.0. The van der Waals surface area contributed by atoms with Crippen molar-refractivity contribution in [2.75, 3.05) is 5.32 Å². The first-order chi connectivity index (χ1) is 10.1. The lowest BCUT2D eigenvalue weighted by Crippen LogP contribution is -2.13. The van der Waals surface area contributed by atoms with Gasteiger partial charge in [0.15, 0.2) is 0 Å². The molecule has 2 heterocycles. The summed E-state index contributed by atoms with van der Waals surface area (Å²) in [4.78, 5) is 16.7. The third-order valence-corrected chi connectivity index (χ3v) is 4.81. The molecule has 0 bridgehead atoms. The monoisotopic (exact) mass is 316 g/mol. The molecule has 0 aliphatic heterocycles. The van der Waals surface area contributed by atoms with Gasteiger partial charge in [-0.15, -0.1) is 11.3 Å². The smallest absolute Gasteiger partial charge is 0.257 e. The Morgan fingerprint density at radius 1 is 1.33 bits per heavy atom. The van der Waals surface area contributed by atoms with Crippen molar-refractivity contribution < 1.29 is 4.79 Å². The van der Waals surface area contributed by atoms with Gasteiger partial charge < -0.3 is 5.32 Å². The molecule has 0 unspecified atom stereocenters. The van der Waals surface area contributed by atoms with Crippen LogP contribution in [0.25, 0.3) is 10.2 Å². The highest BCUT2D eigenvalue weighted by Crippen LogP contribution is 2.26. The van der Waals surface area contributed by atoms with E-state index >= 15 is 0 Å². The van der Waals surface area contributed by atoms with E-state index in [2.05, 4.69) is 10.3 Å². The molecule has 0 aliphatic carbocycles. The lowest BCUT2D eigenvalue weighted by atomic mass is 10.2. The maximum Gasteiger partial charge on any atom is 0.257 e. The molecular formula is C16H13ClN2OS. The molecule has 0 fully saturated rings. The number of carbonyl (C=O) groups is 1. The molecule has 1 amide bonds. The summed E-state index contributed by atoms with van der Waals surface area (Å²) in [5.41, 5.74) is 4.20. The molecule has 5 heteroatoms. The first-order valence-corrected chi connectivity index (χ1v) is 7.72. The topological polar surface area (TPSA) is 42.0 Å². The molecule has 0 saturated heterocycles. The Morgan fingerprint density at radius 3 is 2.95 bits per heavy atom. The van der Waals surface area contributed by atoms with E-state index in [1.165, 1.54) is 0 Å². The van der Waals surface area contributed by atoms with Crippen molar-refractivity contribution in [2.45, 2.75) is 13.8 Å². The molecule has 3 rings (SSSR count). The van der Waals surface area contributed by atoms with Gasteiger partial charge in [0.25, 0.3) is 5.91 Å². The summed E-state index contributed by atoms with van der Waals surface area (Å²) >= 11 is 7.66. The van der Waals surface area contributed by atoms with Crippen LogP contribution >= 0.6 is 22.9 Å². The molecule has 0 radical (unpaired) electrons. The van der Waals surface area contributed by atoms with Crippen molar-refractivity contribution in [1.29, 1.82) is 0 Å². The van der Waals surface area contributed by atoms with E-state index in [1.807, 2.05) is 37.4 Å². The highest BCUT2D eigenvalue weighted by Gasteiger charge is 2.11. The summed E-state index contributed by atoms with van der Waals surface area (Å²) in [6, 6.07) is 7.32. The minimum Gasteiger partial charge on any atom is -0.322 e. The summed E-state index contributed by atoms with van der Waals surface area (Å²) in [6.45, 7) is 3.89. The third-order valence-electron chi connectivity index (χ3n) is 3.37. The molecule has 0 aliphatic rings. The Bertz CT molecular complexity index is 841. The van der Waals surface area contributed by atoms with Gasteiger partial charge in [0.2, 0.25) is 0 Å². The molecule has 0 spiro atoms. The van der Waals surface area contributed by atoms with Crippen LogP contribution in [0.1, 0.15) is 21.5 Å². The number of fused-ring (bicyclic) bond motifs is 1. The number of nitrogens with one attached hydrogen (secondary N) is 1. The summed E-state index contributed by atoms with van der Waals surface area (Å²) in [5, 5.41) is 5.56. The molecule has 21 heavy (non-hydrogen) atoms. The van der Waals surface area contributed by atoms with Gasteiger partial charge in [-0.25, -0.2) is 0 Å². The lowest BCUT2D eigenvalue weighted by molar-refractivity contribution is 0.102. The normalized spacial score (nSPS) is 10.8. The number of carbonyl (C=O) groups excluding carboxylic acids is 1. The first-order valence-electron chi connectivity index (χ1n) is 6.46. The Morgan fingerprint density at radius 2 is 2.14 bits per heavy atom. The highest BCUT2D eigenvalue weighted by molar-refractivity contribution is 7.17. The predicted molar refractivity (Wildman–Crippen MR) is 88.5 cm³/mol. The van der Waals surface area contributed by atoms with E-state index in [-0.39, 0.29) is 5.91 Å². The molecule has 1 aromatic carbocycles. The molecule has 3 nitrogen and oxygen atoms in total. The average molecular weight is 317 g/mol. The van der Waals surface area contributed by atoms with Crippen molar-refractivity contribution in [3.63, 3.8) is 0 Å². The maximum atomic E-state index is 12.3. The van der Waals surface area contributed by atoms with E-state index in [0.29, 0.717) is 10.6 Å². The standard InChI is InChI=1S/C16H13ClN2OS/c1-9-8-21-14-6-11(7-18-15(9)14)16(20)19-13-5-3-4-12(17)10(13)2/h3-8H,1-2H3,(H,19,20). The third kappa shape index (κ3) is 2.64. The predicted octanol–water partition coefficient (Wildman–Crippen LogP) is 4.82. The number of thiophene rings is 1. The van der Waals surface area contributed by atoms with Crippen molar-refractivity contribution in [1.82, 2.24) is 4.98 Å². The van der Waals surface area contributed by atoms with Gasteiger partial charge >= 0.3 is 0 Å². The van der Waals surface area contributed by atoms with Crippen molar-refractivity contribution >= 4 is 44.7 Å². The van der Waals surface area contributed by atoms with Crippen LogP contribution in [0, 0.1) is 13.8 Å². The fourth-order valence-corrected chi connectivity index (χ4v) is 3.21. The quantitative estimate of drug-likeness (QED) is 0.736. The summed E-state index contributed by atoms with van der Waals surface area (Å²) in [5.74, 6) is -0.180. The Balaban J connectivity index is 1.91. The second-order valence-electron chi connectivity index (χ2n) is 4.86. The van der Waals surface area contributed by atoms with Crippen LogP contribution in [0.15, 0.2) is 35.8 Å². The molecular weight excluding hydrogens is 304 g/mol. The lowest BCUT2D eigenvalue weighted by Gasteiger charge is -2.09. The summed E-state index contributed by atoms with van der Waals surface area (Å²) < 4.78 is 1.02. The maximum absolute atomic E-state index is 12.3. The zero-order valence-corrected chi connectivity index (χ0v) is 13.2. The average Bonchev–Trinajstić information content (AvgIpc) is 2.85. The van der Waals surface area contributed by atoms with Crippen LogP contribution in [-0.4, -0.2) is 10.9 Å². The minimum absolute atomic E-state index is 0.180. The van der Waals surface area contributed by atoms with E-state index in [0.717, 1.165) is 27.0 Å². The van der Waals surface area contributed by atoms with E-state index in [9.17, 15) is 4.79 Å². The van der Waals surface area contributed by atoms with Crippen molar-refractivity contribution in [3.8, 4) is 0 Å². The van der Waals surface area contributed by atoms with Crippen LogP contribution < -0.4 is 5.32 Å². The summed E-state index contributed by atoms with van der Waals surface area (Å²) in [6.07, 6.45) is 1.61. The highest BCUT2D eigenvalue weighted by atomic mass is 35.5. The Kier molecular flexibility index (Phi) is 3.66. The number of anilines is 1. The molecule has 2 aromatic heterocycles. The molecule has 106 valence electrons. The summed E-state index contributed by atoms with van der Waals surface area (Å²) in [7, 11) is 0. The zero-order valence-electron chi connectivity index (χ0n) is 11.6. The van der Waals surface area contributed by atoms with Crippen LogP contribution in [0.2, 0.25) is 5.02 Å². The van der Waals surface area contributed by atoms with Crippen LogP contribution in [0.3, 0.4) is 0 Å². The molecule has 1 N–H and O–H groups in total. The van der Waals surface area contributed by atoms with Gasteiger partial charge in [0, 0.05) is 16.9 Å². The van der Waals surface area contributed by atoms with Gasteiger partial charge in [0.1, 0.15) is 0 Å². The second kappa shape index (κ2) is 5.47. The van der Waals surface area contributed by atoms with Crippen LogP contribution in [0.4, 0.5) is 5.69 Å². The molecule has 3 aromatic rings. The van der Waals surface area contributed by atoms with Gasteiger partial charge in [-0.3, -0.25) is 9.78 Å². The van der Waals surface area contributed by atoms with Crippen LogP contribution in [0.5, 0.6) is 0 Å². The van der Waals surface area contributed by atoms with Crippen molar-refractivity contribution in [2.24, 2.45) is 0 Å². The largest absolute Gasteiger partial charge is 0.322 e. The van der Waals surface area contributed by atoms with Gasteiger partial charge in [-0.1, -0.05) is 17.7 Å². The van der Waals surface area contributed by atoms with Gasteiger partial charge in [0.05, 0.1) is 15.8 Å². The molecule has 0 saturated carbocycles. The number of pyridine rings is 1. The number of rotatable bonds is 2. The van der Waals surface area contributed by atoms with E-state index in [1.54, 1.807) is 23.6 Å². The van der Waals surface area contributed by atoms with E-state index in [4.69, 9.17) is 11.6 Å². The van der Waals surface area contributed by atoms with Crippen LogP contribution in [-0.2, 0) is 0 Å². The number of aromatic nitrogens is 1. The van der Waals surface area contributed by atoms with Crippen molar-refractivity contribution in [3.05, 3.63) is 57.6 Å². The zero-order chi connectivity index (χ0) is 15.0. The number of amides is 1. The number of hydrogen-bond acceptors (Lipinski definition) is 3. The molecule has 0 atom stereocenters. The SMILES string of the molecule is Cc1c(Cl)cccc1NC(=O)c1cnc2c(C)csc2c1. The minimum atomic E-state index is -0.180. The fraction of sp³-hybridized carbons (Fsp3) is 0.125. The number of halogens is 1. The Hall–Kier alpha value is -1.91. The fourth-order valence-electron chi connectivity index (χ4n) is 2.10. The van der Waals surface area contributed by atoms with E-state index < -0.39 is 0 Å². The second-order valence-corrected chi connectivity index (χ2v) is 6.17. The number of benzene rings is 1. The number of nitrogens with zero attached hydrogens (tertiary/aromatic N) is 1. The van der Waals surface area contributed by atoms with Gasteiger partial charge in [-0.05, 0) is 48.6 Å². The Labute approximate surface area is 131 Å². The van der Waals surface area contributed by atoms with Gasteiger partial charge in [-0.2, -0.15) is 0 Å². The number of hydrogen-bond donors (Lipinski definition) is 1. The number of aryl methyl sites for hydroxylation is 1.